The van der Waals surface area contributed by atoms with E-state index in [1.807, 2.05) is 19.1 Å². The van der Waals surface area contributed by atoms with Gasteiger partial charge in [0.15, 0.2) is 0 Å². The number of likely N-dealkylation sites (N-methyl/N-ethyl adjacent to an activating group) is 1. The van der Waals surface area contributed by atoms with Crippen LogP contribution < -0.4 is 10.1 Å². The molecule has 6 nitrogen and oxygen atoms in total. The van der Waals surface area contributed by atoms with Crippen LogP contribution in [0.1, 0.15) is 22.8 Å². The van der Waals surface area contributed by atoms with Gasteiger partial charge in [-0.25, -0.2) is 0 Å². The molecule has 0 saturated carbocycles. The lowest BCUT2D eigenvalue weighted by Gasteiger charge is -2.11. The summed E-state index contributed by atoms with van der Waals surface area (Å²) >= 11 is 0. The molecule has 0 fully saturated rings. The first-order chi connectivity index (χ1) is 13.0. The predicted octanol–water partition coefficient (Wildman–Crippen LogP) is 2.98. The van der Waals surface area contributed by atoms with Crippen LogP contribution in [0.5, 0.6) is 5.75 Å². The second-order valence-electron chi connectivity index (χ2n) is 6.19. The number of ether oxygens (including phenoxy) is 2. The van der Waals surface area contributed by atoms with Crippen molar-refractivity contribution in [2.24, 2.45) is 0 Å². The van der Waals surface area contributed by atoms with Crippen LogP contribution >= 0.6 is 0 Å². The maximum absolute atomic E-state index is 12.3. The number of benzene rings is 2. The van der Waals surface area contributed by atoms with Crippen molar-refractivity contribution in [3.63, 3.8) is 0 Å². The van der Waals surface area contributed by atoms with Gasteiger partial charge in [-0.2, -0.15) is 0 Å². The summed E-state index contributed by atoms with van der Waals surface area (Å²) in [6.45, 7) is 3.61. The summed E-state index contributed by atoms with van der Waals surface area (Å²) < 4.78 is 10.7. The van der Waals surface area contributed by atoms with Crippen LogP contribution in [0.25, 0.3) is 0 Å². The molecule has 1 N–H and O–H groups in total. The Morgan fingerprint density at radius 1 is 0.963 bits per heavy atom. The Hall–Kier alpha value is -2.86. The van der Waals surface area contributed by atoms with Crippen LogP contribution in [0.4, 0.5) is 5.69 Å². The average Bonchev–Trinajstić information content (AvgIpc) is 2.67. The van der Waals surface area contributed by atoms with Gasteiger partial charge in [0, 0.05) is 32.0 Å². The lowest BCUT2D eigenvalue weighted by molar-refractivity contribution is -0.127. The smallest absolute Gasteiger partial charge is 0.255 e. The van der Waals surface area contributed by atoms with Crippen molar-refractivity contribution in [2.75, 3.05) is 39.2 Å². The largest absolute Gasteiger partial charge is 0.491 e. The standard InChI is InChI=1S/C21H26N2O4/c1-4-26-13-14-27-19-11-7-17(8-12-19)21(25)22-18-9-5-16(6-10-18)15-20(24)23(2)3/h5-12H,4,13-15H2,1-3H3,(H,22,25). The zero-order chi connectivity index (χ0) is 19.6. The summed E-state index contributed by atoms with van der Waals surface area (Å²) in [5.41, 5.74) is 2.12. The average molecular weight is 370 g/mol. The fourth-order valence-electron chi connectivity index (χ4n) is 2.31. The Morgan fingerprint density at radius 3 is 2.22 bits per heavy atom. The van der Waals surface area contributed by atoms with Gasteiger partial charge in [0.05, 0.1) is 13.0 Å². The van der Waals surface area contributed by atoms with E-state index in [4.69, 9.17) is 9.47 Å². The van der Waals surface area contributed by atoms with Crippen LogP contribution in [0.2, 0.25) is 0 Å². The first kappa shape index (κ1) is 20.5. The number of carbonyl (C=O) groups excluding carboxylic acids is 2. The van der Waals surface area contributed by atoms with E-state index in [-0.39, 0.29) is 11.8 Å². The molecule has 2 aromatic carbocycles. The van der Waals surface area contributed by atoms with Gasteiger partial charge in [0.1, 0.15) is 12.4 Å². The quantitative estimate of drug-likeness (QED) is 0.689. The van der Waals surface area contributed by atoms with E-state index >= 15 is 0 Å². The Bertz CT molecular complexity index is 740. The SMILES string of the molecule is CCOCCOc1ccc(C(=O)Nc2ccc(CC(=O)N(C)C)cc2)cc1. The van der Waals surface area contributed by atoms with Gasteiger partial charge in [0.25, 0.3) is 5.91 Å². The minimum atomic E-state index is -0.201. The van der Waals surface area contributed by atoms with Crippen LogP contribution in [0, 0.1) is 0 Å². The fourth-order valence-corrected chi connectivity index (χ4v) is 2.31. The number of hydrogen-bond donors (Lipinski definition) is 1. The number of nitrogens with zero attached hydrogens (tertiary/aromatic N) is 1. The first-order valence-corrected chi connectivity index (χ1v) is 8.90. The molecule has 0 bridgehead atoms. The molecule has 0 unspecified atom stereocenters. The van der Waals surface area contributed by atoms with Gasteiger partial charge in [-0.3, -0.25) is 9.59 Å². The highest BCUT2D eigenvalue weighted by Gasteiger charge is 2.08. The van der Waals surface area contributed by atoms with Gasteiger partial charge in [-0.15, -0.1) is 0 Å². The predicted molar refractivity (Wildman–Crippen MR) is 105 cm³/mol. The van der Waals surface area contributed by atoms with Crippen molar-refractivity contribution in [1.82, 2.24) is 4.90 Å². The Labute approximate surface area is 160 Å². The highest BCUT2D eigenvalue weighted by atomic mass is 16.5. The Kier molecular flexibility index (Phi) is 7.82. The third kappa shape index (κ3) is 6.75. The molecule has 0 atom stereocenters. The number of nitrogens with one attached hydrogen (secondary N) is 1. The topological polar surface area (TPSA) is 67.9 Å². The molecule has 0 spiro atoms. The molecule has 0 aliphatic carbocycles. The molecular formula is C21H26N2O4. The molecule has 2 rings (SSSR count). The molecule has 2 amide bonds. The summed E-state index contributed by atoms with van der Waals surface area (Å²) in [5.74, 6) is 0.532. The molecular weight excluding hydrogens is 344 g/mol. The van der Waals surface area contributed by atoms with E-state index in [0.29, 0.717) is 43.2 Å². The van der Waals surface area contributed by atoms with Gasteiger partial charge in [0.2, 0.25) is 5.91 Å². The van der Waals surface area contributed by atoms with Crippen LogP contribution in [-0.2, 0) is 16.0 Å². The highest BCUT2D eigenvalue weighted by molar-refractivity contribution is 6.04. The number of anilines is 1. The van der Waals surface area contributed by atoms with E-state index in [0.717, 1.165) is 5.56 Å². The molecule has 0 aliphatic rings. The van der Waals surface area contributed by atoms with Crippen LogP contribution in [0.3, 0.4) is 0 Å². The van der Waals surface area contributed by atoms with Crippen molar-refractivity contribution >= 4 is 17.5 Å². The first-order valence-electron chi connectivity index (χ1n) is 8.90. The van der Waals surface area contributed by atoms with E-state index < -0.39 is 0 Å². The maximum Gasteiger partial charge on any atom is 0.255 e. The normalized spacial score (nSPS) is 10.3. The Morgan fingerprint density at radius 2 is 1.63 bits per heavy atom. The lowest BCUT2D eigenvalue weighted by Crippen LogP contribution is -2.23. The van der Waals surface area contributed by atoms with Crippen molar-refractivity contribution in [3.05, 3.63) is 59.7 Å². The molecule has 0 aliphatic heterocycles. The maximum atomic E-state index is 12.3. The molecule has 0 heterocycles. The molecule has 0 aromatic heterocycles. The molecule has 6 heteroatoms. The minimum absolute atomic E-state index is 0.0374. The molecule has 2 aromatic rings. The third-order valence-corrected chi connectivity index (χ3v) is 3.88. The van der Waals surface area contributed by atoms with E-state index in [9.17, 15) is 9.59 Å². The summed E-state index contributed by atoms with van der Waals surface area (Å²) in [6.07, 6.45) is 0.339. The van der Waals surface area contributed by atoms with Crippen molar-refractivity contribution < 1.29 is 19.1 Å². The van der Waals surface area contributed by atoms with E-state index in [1.54, 1.807) is 55.4 Å². The number of hydrogen-bond acceptors (Lipinski definition) is 4. The van der Waals surface area contributed by atoms with E-state index in [1.165, 1.54) is 0 Å². The van der Waals surface area contributed by atoms with E-state index in [2.05, 4.69) is 5.32 Å². The lowest BCUT2D eigenvalue weighted by atomic mass is 10.1. The molecule has 0 saturated heterocycles. The zero-order valence-corrected chi connectivity index (χ0v) is 16.0. The van der Waals surface area contributed by atoms with Crippen molar-refractivity contribution in [1.29, 1.82) is 0 Å². The molecule has 0 radical (unpaired) electrons. The van der Waals surface area contributed by atoms with Gasteiger partial charge < -0.3 is 19.7 Å². The summed E-state index contributed by atoms with van der Waals surface area (Å²) in [7, 11) is 3.46. The minimum Gasteiger partial charge on any atom is -0.491 e. The zero-order valence-electron chi connectivity index (χ0n) is 16.0. The summed E-state index contributed by atoms with van der Waals surface area (Å²) in [5, 5.41) is 2.85. The van der Waals surface area contributed by atoms with Gasteiger partial charge in [-0.1, -0.05) is 12.1 Å². The molecule has 144 valence electrons. The monoisotopic (exact) mass is 370 g/mol. The number of carbonyl (C=O) groups is 2. The highest BCUT2D eigenvalue weighted by Crippen LogP contribution is 2.15. The van der Waals surface area contributed by atoms with Crippen LogP contribution in [-0.4, -0.2) is 50.6 Å². The van der Waals surface area contributed by atoms with Crippen molar-refractivity contribution in [2.45, 2.75) is 13.3 Å². The van der Waals surface area contributed by atoms with Crippen LogP contribution in [0.15, 0.2) is 48.5 Å². The second-order valence-corrected chi connectivity index (χ2v) is 6.19. The Balaban J connectivity index is 1.88. The number of rotatable bonds is 9. The third-order valence-electron chi connectivity index (χ3n) is 3.88. The second kappa shape index (κ2) is 10.3. The number of amides is 2. The fraction of sp³-hybridized carbons (Fsp3) is 0.333. The van der Waals surface area contributed by atoms with Crippen molar-refractivity contribution in [3.8, 4) is 5.75 Å². The summed E-state index contributed by atoms with van der Waals surface area (Å²) in [4.78, 5) is 25.6. The molecule has 27 heavy (non-hydrogen) atoms. The van der Waals surface area contributed by atoms with Gasteiger partial charge in [-0.05, 0) is 48.9 Å². The van der Waals surface area contributed by atoms with Gasteiger partial charge >= 0.3 is 0 Å². The summed E-state index contributed by atoms with van der Waals surface area (Å²) in [6, 6.07) is 14.2.